The normalized spacial score (nSPS) is 17.3. The van der Waals surface area contributed by atoms with Crippen molar-refractivity contribution in [2.24, 2.45) is 11.7 Å². The molecular weight excluding hydrogens is 625 g/mol. The van der Waals surface area contributed by atoms with Crippen LogP contribution in [0.1, 0.15) is 44.0 Å². The Balaban J connectivity index is 1.29. The topological polar surface area (TPSA) is 69.9 Å². The van der Waals surface area contributed by atoms with Crippen molar-refractivity contribution in [1.82, 2.24) is 14.5 Å². The summed E-state index contributed by atoms with van der Waals surface area (Å²) < 4.78 is 8.60. The number of rotatable bonds is 4. The maximum absolute atomic E-state index is 6.55. The Morgan fingerprint density at radius 2 is 1.73 bits per heavy atom. The van der Waals surface area contributed by atoms with Gasteiger partial charge >= 0.3 is 0 Å². The highest BCUT2D eigenvalue weighted by atomic mass is 16.3. The fourth-order valence-corrected chi connectivity index (χ4v) is 8.32. The standard InChI is InChI=1S/C46H36N4O/c1-4-5-16-37(47)29-19-21-33-36(25-29)46(2,3)44-43(33)48-42(30-20-22-41-35(24-30)32-15-9-11-18-40(32)51-41)45(49-44)50-38-17-10-8-14-31(38)34-23-27-12-6-7-13-28(27)26-39(34)50/h4-11,13-27H,12,47H2,1-3H3/b5-4-,37-16-. The molecule has 0 spiro atoms. The Morgan fingerprint density at radius 1 is 0.902 bits per heavy atom. The Labute approximate surface area is 295 Å². The van der Waals surface area contributed by atoms with E-state index in [1.807, 2.05) is 37.3 Å². The van der Waals surface area contributed by atoms with Crippen LogP contribution in [0.2, 0.25) is 0 Å². The molecule has 246 valence electrons. The summed E-state index contributed by atoms with van der Waals surface area (Å²) in [6.07, 6.45) is 18.4. The molecule has 2 N–H and O–H groups in total. The van der Waals surface area contributed by atoms with E-state index >= 15 is 0 Å². The second kappa shape index (κ2) is 10.9. The highest BCUT2D eigenvalue weighted by Crippen LogP contribution is 2.49. The van der Waals surface area contributed by atoms with Crippen LogP contribution in [0.3, 0.4) is 0 Å². The molecule has 0 saturated heterocycles. The lowest BCUT2D eigenvalue weighted by atomic mass is 9.84. The first-order chi connectivity index (χ1) is 24.9. The van der Waals surface area contributed by atoms with Gasteiger partial charge in [0, 0.05) is 49.5 Å². The fraction of sp³-hybridized carbons (Fsp3) is 0.130. The van der Waals surface area contributed by atoms with Gasteiger partial charge in [0.05, 0.1) is 22.3 Å². The average molecular weight is 661 g/mol. The molecule has 3 aliphatic rings. The third-order valence-electron chi connectivity index (χ3n) is 10.9. The number of nitrogens with two attached hydrogens (primary N) is 1. The van der Waals surface area contributed by atoms with Gasteiger partial charge in [-0.3, -0.25) is 4.57 Å². The SMILES string of the molecule is C/C=C\C=C(/N)c1ccc2c(c1)C(C)(C)c1nc(-n3c4c(c5ccccc53)=CC3CC=CC=C3C=4)c(-c3ccc4oc5ccccc5c4c3)nc1-2. The molecule has 1 unspecified atom stereocenters. The third-order valence-corrected chi connectivity index (χ3v) is 10.9. The second-order valence-corrected chi connectivity index (χ2v) is 14.3. The van der Waals surface area contributed by atoms with E-state index in [-0.39, 0.29) is 0 Å². The summed E-state index contributed by atoms with van der Waals surface area (Å²) in [6, 6.07) is 29.8. The number of para-hydroxylation sites is 2. The molecule has 0 bridgehead atoms. The zero-order valence-corrected chi connectivity index (χ0v) is 28.8. The number of nitrogens with zero attached hydrogens (tertiary/aromatic N) is 3. The number of benzene rings is 4. The highest BCUT2D eigenvalue weighted by Gasteiger charge is 2.40. The van der Waals surface area contributed by atoms with Crippen LogP contribution in [-0.2, 0) is 5.41 Å². The van der Waals surface area contributed by atoms with Gasteiger partial charge in [-0.15, -0.1) is 0 Å². The minimum absolute atomic E-state index is 0.362. The molecule has 0 fully saturated rings. The van der Waals surface area contributed by atoms with Gasteiger partial charge in [-0.25, -0.2) is 9.97 Å². The van der Waals surface area contributed by atoms with Gasteiger partial charge in [-0.2, -0.15) is 0 Å². The monoisotopic (exact) mass is 660 g/mol. The van der Waals surface area contributed by atoms with Crippen LogP contribution < -0.4 is 16.3 Å². The number of aromatic nitrogens is 3. The summed E-state index contributed by atoms with van der Waals surface area (Å²) in [5, 5.41) is 5.76. The molecule has 0 aliphatic heterocycles. The Bertz CT molecular complexity index is 2890. The maximum atomic E-state index is 6.55. The number of hydrogen-bond acceptors (Lipinski definition) is 4. The first-order valence-electron chi connectivity index (χ1n) is 17.7. The Kier molecular flexibility index (Phi) is 6.35. The zero-order valence-electron chi connectivity index (χ0n) is 28.8. The van der Waals surface area contributed by atoms with E-state index in [9.17, 15) is 0 Å². The van der Waals surface area contributed by atoms with Crippen LogP contribution >= 0.6 is 0 Å². The van der Waals surface area contributed by atoms with Gasteiger partial charge in [0.1, 0.15) is 16.9 Å². The quantitative estimate of drug-likeness (QED) is 0.191. The summed E-state index contributed by atoms with van der Waals surface area (Å²) in [6.45, 7) is 6.50. The molecule has 3 heterocycles. The van der Waals surface area contributed by atoms with Crippen molar-refractivity contribution in [3.63, 3.8) is 0 Å². The molecule has 0 saturated carbocycles. The van der Waals surface area contributed by atoms with Gasteiger partial charge in [-0.05, 0) is 78.6 Å². The average Bonchev–Trinajstić information content (AvgIpc) is 3.76. The summed E-state index contributed by atoms with van der Waals surface area (Å²) in [7, 11) is 0. The number of hydrogen-bond donors (Lipinski definition) is 1. The lowest BCUT2D eigenvalue weighted by molar-refractivity contribution is 0.632. The van der Waals surface area contributed by atoms with Crippen molar-refractivity contribution >= 4 is 50.7 Å². The molecular formula is C46H36N4O. The summed E-state index contributed by atoms with van der Waals surface area (Å²) >= 11 is 0. The van der Waals surface area contributed by atoms with Crippen LogP contribution in [-0.4, -0.2) is 14.5 Å². The lowest BCUT2D eigenvalue weighted by Gasteiger charge is -2.22. The van der Waals surface area contributed by atoms with Crippen molar-refractivity contribution in [2.45, 2.75) is 32.6 Å². The minimum atomic E-state index is -0.410. The molecule has 4 aromatic carbocycles. The van der Waals surface area contributed by atoms with Crippen LogP contribution in [0.25, 0.3) is 79.0 Å². The molecule has 51 heavy (non-hydrogen) atoms. The van der Waals surface area contributed by atoms with Gasteiger partial charge in [0.2, 0.25) is 0 Å². The third kappa shape index (κ3) is 4.34. The van der Waals surface area contributed by atoms with Gasteiger partial charge < -0.3 is 10.2 Å². The molecule has 10 rings (SSSR count). The zero-order chi connectivity index (χ0) is 34.4. The Hall–Kier alpha value is -6.20. The van der Waals surface area contributed by atoms with Crippen LogP contribution in [0.15, 0.2) is 131 Å². The summed E-state index contributed by atoms with van der Waals surface area (Å²) in [4.78, 5) is 11.3. The molecule has 1 atom stereocenters. The van der Waals surface area contributed by atoms with Crippen molar-refractivity contribution in [3.8, 4) is 28.3 Å². The summed E-state index contributed by atoms with van der Waals surface area (Å²) in [5.41, 5.74) is 18.0. The summed E-state index contributed by atoms with van der Waals surface area (Å²) in [5.74, 6) is 1.18. The second-order valence-electron chi connectivity index (χ2n) is 14.3. The maximum Gasteiger partial charge on any atom is 0.164 e. The van der Waals surface area contributed by atoms with E-state index in [0.29, 0.717) is 5.92 Å². The lowest BCUT2D eigenvalue weighted by Crippen LogP contribution is -2.34. The van der Waals surface area contributed by atoms with E-state index in [4.69, 9.17) is 20.1 Å². The Morgan fingerprint density at radius 3 is 2.61 bits per heavy atom. The van der Waals surface area contributed by atoms with E-state index < -0.39 is 5.41 Å². The molecule has 0 amide bonds. The first kappa shape index (κ1) is 29.7. The van der Waals surface area contributed by atoms with Crippen molar-refractivity contribution < 1.29 is 4.42 Å². The molecule has 3 aromatic heterocycles. The van der Waals surface area contributed by atoms with E-state index in [0.717, 1.165) is 84.5 Å². The van der Waals surface area contributed by atoms with Crippen molar-refractivity contribution in [2.75, 3.05) is 0 Å². The molecule has 5 nitrogen and oxygen atoms in total. The minimum Gasteiger partial charge on any atom is -0.456 e. The largest absolute Gasteiger partial charge is 0.456 e. The predicted octanol–water partition coefficient (Wildman–Crippen LogP) is 9.25. The fourth-order valence-electron chi connectivity index (χ4n) is 8.32. The molecule has 0 radical (unpaired) electrons. The van der Waals surface area contributed by atoms with Crippen LogP contribution in [0.5, 0.6) is 0 Å². The van der Waals surface area contributed by atoms with E-state index in [1.54, 1.807) is 0 Å². The highest BCUT2D eigenvalue weighted by molar-refractivity contribution is 6.06. The number of furan rings is 1. The predicted molar refractivity (Wildman–Crippen MR) is 210 cm³/mol. The van der Waals surface area contributed by atoms with Crippen LogP contribution in [0, 0.1) is 5.92 Å². The number of allylic oxidation sites excluding steroid dienone is 7. The van der Waals surface area contributed by atoms with Crippen molar-refractivity contribution in [1.29, 1.82) is 0 Å². The molecule has 7 aromatic rings. The smallest absolute Gasteiger partial charge is 0.164 e. The van der Waals surface area contributed by atoms with Gasteiger partial charge in [0.15, 0.2) is 5.82 Å². The van der Waals surface area contributed by atoms with Gasteiger partial charge in [0.25, 0.3) is 0 Å². The first-order valence-corrected chi connectivity index (χ1v) is 17.7. The van der Waals surface area contributed by atoms with E-state index in [2.05, 4.69) is 122 Å². The molecule has 5 heteroatoms. The molecule has 3 aliphatic carbocycles. The van der Waals surface area contributed by atoms with E-state index in [1.165, 1.54) is 21.7 Å². The van der Waals surface area contributed by atoms with Crippen LogP contribution in [0.4, 0.5) is 0 Å². The van der Waals surface area contributed by atoms with Crippen molar-refractivity contribution in [3.05, 3.63) is 154 Å². The number of fused-ring (bicyclic) bond motifs is 10. The van der Waals surface area contributed by atoms with Gasteiger partial charge in [-0.1, -0.05) is 98.8 Å².